The fourth-order valence-electron chi connectivity index (χ4n) is 2.45. The number of nitrogens with zero attached hydrogens (tertiary/aromatic N) is 1. The first-order valence-electron chi connectivity index (χ1n) is 8.47. The monoisotopic (exact) mass is 378 g/mol. The number of hydrogen-bond donors (Lipinski definition) is 1. The van der Waals surface area contributed by atoms with Gasteiger partial charge in [-0.1, -0.05) is 53.6 Å². The van der Waals surface area contributed by atoms with Crippen molar-refractivity contribution in [3.63, 3.8) is 0 Å². The number of aryl methyl sites for hydroxylation is 1. The smallest absolute Gasteiger partial charge is 0.271 e. The van der Waals surface area contributed by atoms with Crippen molar-refractivity contribution in [2.45, 2.75) is 13.5 Å². The second-order valence-electron chi connectivity index (χ2n) is 6.06. The van der Waals surface area contributed by atoms with Gasteiger partial charge in [0, 0.05) is 10.6 Å². The van der Waals surface area contributed by atoms with Crippen LogP contribution in [0.15, 0.2) is 77.9 Å². The minimum absolute atomic E-state index is 0.245. The lowest BCUT2D eigenvalue weighted by Crippen LogP contribution is -2.17. The molecule has 0 radical (unpaired) electrons. The Hall–Kier alpha value is -3.11. The van der Waals surface area contributed by atoms with E-state index >= 15 is 0 Å². The second kappa shape index (κ2) is 9.01. The first-order valence-corrected chi connectivity index (χ1v) is 8.85. The molecule has 5 heteroatoms. The van der Waals surface area contributed by atoms with Crippen molar-refractivity contribution in [2.75, 3.05) is 0 Å². The standard InChI is InChI=1S/C22H19ClN2O2/c1-16-4-2-6-19(12-16)22(26)25-24-14-18-5-3-7-21(13-18)27-15-17-8-10-20(23)11-9-17/h2-14H,15H2,1H3,(H,25,26)/b24-14+. The zero-order chi connectivity index (χ0) is 19.1. The van der Waals surface area contributed by atoms with Gasteiger partial charge in [0.05, 0.1) is 6.21 Å². The molecule has 27 heavy (non-hydrogen) atoms. The Morgan fingerprint density at radius 2 is 1.85 bits per heavy atom. The normalized spacial score (nSPS) is 10.7. The summed E-state index contributed by atoms with van der Waals surface area (Å²) >= 11 is 5.88. The first kappa shape index (κ1) is 18.7. The molecule has 3 aromatic rings. The van der Waals surface area contributed by atoms with Gasteiger partial charge in [-0.2, -0.15) is 5.10 Å². The Balaban J connectivity index is 1.57. The van der Waals surface area contributed by atoms with Crippen LogP contribution in [0.1, 0.15) is 27.0 Å². The molecular formula is C22H19ClN2O2. The van der Waals surface area contributed by atoms with Crippen LogP contribution in [0.5, 0.6) is 5.75 Å². The number of nitrogens with one attached hydrogen (secondary N) is 1. The average Bonchev–Trinajstić information content (AvgIpc) is 2.68. The molecule has 0 aliphatic rings. The summed E-state index contributed by atoms with van der Waals surface area (Å²) in [5, 5.41) is 4.72. The van der Waals surface area contributed by atoms with Crippen molar-refractivity contribution in [3.8, 4) is 5.75 Å². The number of amides is 1. The third-order valence-electron chi connectivity index (χ3n) is 3.84. The van der Waals surface area contributed by atoms with E-state index in [1.54, 1.807) is 12.3 Å². The van der Waals surface area contributed by atoms with Gasteiger partial charge in [-0.3, -0.25) is 4.79 Å². The number of hydrazone groups is 1. The van der Waals surface area contributed by atoms with Crippen molar-refractivity contribution in [3.05, 3.63) is 100 Å². The average molecular weight is 379 g/mol. The molecule has 0 heterocycles. The van der Waals surface area contributed by atoms with E-state index < -0.39 is 0 Å². The second-order valence-corrected chi connectivity index (χ2v) is 6.49. The van der Waals surface area contributed by atoms with E-state index in [1.165, 1.54) is 0 Å². The molecule has 1 amide bonds. The highest BCUT2D eigenvalue weighted by Gasteiger charge is 2.03. The molecule has 0 aliphatic heterocycles. The number of hydrogen-bond acceptors (Lipinski definition) is 3. The van der Waals surface area contributed by atoms with E-state index in [4.69, 9.17) is 16.3 Å². The Morgan fingerprint density at radius 3 is 2.63 bits per heavy atom. The summed E-state index contributed by atoms with van der Waals surface area (Å²) in [5.74, 6) is 0.476. The van der Waals surface area contributed by atoms with E-state index in [1.807, 2.05) is 73.7 Å². The molecule has 0 aliphatic carbocycles. The fraction of sp³-hybridized carbons (Fsp3) is 0.0909. The number of ether oxygens (including phenoxy) is 1. The van der Waals surface area contributed by atoms with Gasteiger partial charge in [-0.05, 0) is 54.4 Å². The molecule has 1 N–H and O–H groups in total. The van der Waals surface area contributed by atoms with Crippen LogP contribution in [-0.2, 0) is 6.61 Å². The number of carbonyl (C=O) groups is 1. The Morgan fingerprint density at radius 1 is 1.07 bits per heavy atom. The van der Waals surface area contributed by atoms with Crippen molar-refractivity contribution in [1.29, 1.82) is 0 Å². The molecule has 0 saturated carbocycles. The van der Waals surface area contributed by atoms with Gasteiger partial charge in [0.1, 0.15) is 12.4 Å². The van der Waals surface area contributed by atoms with Crippen molar-refractivity contribution < 1.29 is 9.53 Å². The van der Waals surface area contributed by atoms with Crippen LogP contribution in [-0.4, -0.2) is 12.1 Å². The third-order valence-corrected chi connectivity index (χ3v) is 4.09. The largest absolute Gasteiger partial charge is 0.489 e. The molecule has 3 aromatic carbocycles. The van der Waals surface area contributed by atoms with Crippen LogP contribution in [0.4, 0.5) is 0 Å². The molecule has 136 valence electrons. The molecule has 0 unspecified atom stereocenters. The molecule has 0 spiro atoms. The molecule has 0 bridgehead atoms. The molecule has 0 fully saturated rings. The maximum absolute atomic E-state index is 12.1. The number of benzene rings is 3. The lowest BCUT2D eigenvalue weighted by atomic mass is 10.1. The number of halogens is 1. The lowest BCUT2D eigenvalue weighted by molar-refractivity contribution is 0.0955. The number of rotatable bonds is 6. The molecular weight excluding hydrogens is 360 g/mol. The van der Waals surface area contributed by atoms with Crippen LogP contribution >= 0.6 is 11.6 Å². The van der Waals surface area contributed by atoms with E-state index in [2.05, 4.69) is 10.5 Å². The van der Waals surface area contributed by atoms with Crippen molar-refractivity contribution in [2.24, 2.45) is 5.10 Å². The summed E-state index contributed by atoms with van der Waals surface area (Å²) in [6, 6.07) is 22.4. The summed E-state index contributed by atoms with van der Waals surface area (Å²) in [6.07, 6.45) is 1.59. The summed E-state index contributed by atoms with van der Waals surface area (Å²) in [7, 11) is 0. The fourth-order valence-corrected chi connectivity index (χ4v) is 2.57. The number of carbonyl (C=O) groups excluding carboxylic acids is 1. The predicted molar refractivity (Wildman–Crippen MR) is 108 cm³/mol. The summed E-state index contributed by atoms with van der Waals surface area (Å²) in [4.78, 5) is 12.1. The molecule has 0 aromatic heterocycles. The van der Waals surface area contributed by atoms with Crippen LogP contribution in [0, 0.1) is 6.92 Å². The van der Waals surface area contributed by atoms with Gasteiger partial charge in [0.25, 0.3) is 5.91 Å². The highest BCUT2D eigenvalue weighted by molar-refractivity contribution is 6.30. The minimum Gasteiger partial charge on any atom is -0.489 e. The van der Waals surface area contributed by atoms with Gasteiger partial charge >= 0.3 is 0 Å². The van der Waals surface area contributed by atoms with E-state index in [-0.39, 0.29) is 5.91 Å². The molecule has 4 nitrogen and oxygen atoms in total. The zero-order valence-corrected chi connectivity index (χ0v) is 15.6. The van der Waals surface area contributed by atoms with Crippen LogP contribution in [0.25, 0.3) is 0 Å². The zero-order valence-electron chi connectivity index (χ0n) is 14.9. The van der Waals surface area contributed by atoms with Gasteiger partial charge in [0.15, 0.2) is 0 Å². The predicted octanol–water partition coefficient (Wildman–Crippen LogP) is 4.99. The maximum Gasteiger partial charge on any atom is 0.271 e. The van der Waals surface area contributed by atoms with E-state index in [0.29, 0.717) is 17.2 Å². The molecule has 0 atom stereocenters. The molecule has 0 saturated heterocycles. The van der Waals surface area contributed by atoms with E-state index in [0.717, 1.165) is 22.4 Å². The van der Waals surface area contributed by atoms with E-state index in [9.17, 15) is 4.79 Å². The van der Waals surface area contributed by atoms with Gasteiger partial charge < -0.3 is 4.74 Å². The van der Waals surface area contributed by atoms with Crippen LogP contribution < -0.4 is 10.2 Å². The van der Waals surface area contributed by atoms with Crippen molar-refractivity contribution in [1.82, 2.24) is 5.43 Å². The van der Waals surface area contributed by atoms with Crippen molar-refractivity contribution >= 4 is 23.7 Å². The first-order chi connectivity index (χ1) is 13.1. The minimum atomic E-state index is -0.245. The summed E-state index contributed by atoms with van der Waals surface area (Å²) < 4.78 is 5.79. The van der Waals surface area contributed by atoms with Crippen LogP contribution in [0.2, 0.25) is 5.02 Å². The lowest BCUT2D eigenvalue weighted by Gasteiger charge is -2.07. The summed E-state index contributed by atoms with van der Waals surface area (Å²) in [6.45, 7) is 2.39. The SMILES string of the molecule is Cc1cccc(C(=O)N/N=C/c2cccc(OCc3ccc(Cl)cc3)c2)c1. The Labute approximate surface area is 163 Å². The highest BCUT2D eigenvalue weighted by Crippen LogP contribution is 2.15. The van der Waals surface area contributed by atoms with Crippen LogP contribution in [0.3, 0.4) is 0 Å². The topological polar surface area (TPSA) is 50.7 Å². The van der Waals surface area contributed by atoms with Gasteiger partial charge in [-0.25, -0.2) is 5.43 Å². The highest BCUT2D eigenvalue weighted by atomic mass is 35.5. The molecule has 3 rings (SSSR count). The Kier molecular flexibility index (Phi) is 6.23. The Bertz CT molecular complexity index is 953. The van der Waals surface area contributed by atoms with Gasteiger partial charge in [-0.15, -0.1) is 0 Å². The summed E-state index contributed by atoms with van der Waals surface area (Å²) in [5.41, 5.74) is 5.99. The van der Waals surface area contributed by atoms with Gasteiger partial charge in [0.2, 0.25) is 0 Å². The third kappa shape index (κ3) is 5.69. The quantitative estimate of drug-likeness (QED) is 0.485. The maximum atomic E-state index is 12.1.